The standard InChI is InChI=1S/C10H17N3O/c1-6(2)13-5-8-9(7(13)3)10(14)11-12(8)4/h6-7H,5H2,1-4H3,(H,11,14). The highest BCUT2D eigenvalue weighted by Gasteiger charge is 2.33. The molecule has 2 rings (SSSR count). The van der Waals surface area contributed by atoms with Crippen LogP contribution in [0.3, 0.4) is 0 Å². The molecule has 4 heteroatoms. The minimum Gasteiger partial charge on any atom is -0.291 e. The zero-order valence-electron chi connectivity index (χ0n) is 9.16. The molecule has 1 aromatic rings. The highest BCUT2D eigenvalue weighted by molar-refractivity contribution is 5.26. The average Bonchev–Trinajstić information content (AvgIpc) is 2.54. The number of aromatic nitrogens is 2. The zero-order valence-corrected chi connectivity index (χ0v) is 9.16. The van der Waals surface area contributed by atoms with E-state index >= 15 is 0 Å². The minimum absolute atomic E-state index is 0.0677. The summed E-state index contributed by atoms with van der Waals surface area (Å²) in [5.41, 5.74) is 2.15. The topological polar surface area (TPSA) is 41.0 Å². The van der Waals surface area contributed by atoms with E-state index in [1.54, 1.807) is 0 Å². The molecule has 1 aromatic heterocycles. The third-order valence-corrected chi connectivity index (χ3v) is 3.14. The van der Waals surface area contributed by atoms with Gasteiger partial charge in [0.25, 0.3) is 5.56 Å². The molecule has 78 valence electrons. The Hall–Kier alpha value is -1.03. The van der Waals surface area contributed by atoms with Crippen molar-refractivity contribution in [1.29, 1.82) is 0 Å². The van der Waals surface area contributed by atoms with E-state index in [4.69, 9.17) is 0 Å². The molecule has 0 fully saturated rings. The number of aryl methyl sites for hydroxylation is 1. The van der Waals surface area contributed by atoms with Crippen molar-refractivity contribution in [1.82, 2.24) is 14.7 Å². The predicted octanol–water partition coefficient (Wildman–Crippen LogP) is 0.998. The van der Waals surface area contributed by atoms with Crippen molar-refractivity contribution in [3.05, 3.63) is 21.6 Å². The van der Waals surface area contributed by atoms with Gasteiger partial charge >= 0.3 is 0 Å². The molecule has 0 saturated heterocycles. The average molecular weight is 195 g/mol. The van der Waals surface area contributed by atoms with Crippen molar-refractivity contribution in [2.45, 2.75) is 39.4 Å². The summed E-state index contributed by atoms with van der Waals surface area (Å²) in [4.78, 5) is 13.9. The van der Waals surface area contributed by atoms with E-state index in [2.05, 4.69) is 30.8 Å². The largest absolute Gasteiger partial charge is 0.291 e. The molecular formula is C10H17N3O. The van der Waals surface area contributed by atoms with Crippen molar-refractivity contribution < 1.29 is 0 Å². The second-order valence-electron chi connectivity index (χ2n) is 4.30. The van der Waals surface area contributed by atoms with Gasteiger partial charge in [-0.05, 0) is 20.8 Å². The summed E-state index contributed by atoms with van der Waals surface area (Å²) in [6, 6.07) is 0.728. The number of fused-ring (bicyclic) bond motifs is 1. The fourth-order valence-electron chi connectivity index (χ4n) is 2.32. The summed E-state index contributed by atoms with van der Waals surface area (Å²) in [7, 11) is 1.90. The number of aromatic amines is 1. The van der Waals surface area contributed by atoms with E-state index in [1.807, 2.05) is 11.7 Å². The van der Waals surface area contributed by atoms with Gasteiger partial charge in [-0.1, -0.05) is 0 Å². The van der Waals surface area contributed by atoms with Gasteiger partial charge in [-0.3, -0.25) is 19.5 Å². The van der Waals surface area contributed by atoms with E-state index in [1.165, 1.54) is 0 Å². The van der Waals surface area contributed by atoms with Gasteiger partial charge in [0.2, 0.25) is 0 Å². The number of hydrogen-bond donors (Lipinski definition) is 1. The molecule has 1 N–H and O–H groups in total. The Bertz CT molecular complexity index is 402. The van der Waals surface area contributed by atoms with Crippen LogP contribution >= 0.6 is 0 Å². The van der Waals surface area contributed by atoms with Crippen molar-refractivity contribution in [3.8, 4) is 0 Å². The minimum atomic E-state index is 0.0677. The lowest BCUT2D eigenvalue weighted by molar-refractivity contribution is 0.175. The second-order valence-corrected chi connectivity index (χ2v) is 4.30. The first-order valence-corrected chi connectivity index (χ1v) is 5.06. The zero-order chi connectivity index (χ0) is 10.5. The fraction of sp³-hybridized carbons (Fsp3) is 0.700. The number of nitrogens with one attached hydrogen (secondary N) is 1. The Morgan fingerprint density at radius 2 is 2.14 bits per heavy atom. The normalized spacial score (nSPS) is 21.9. The molecule has 14 heavy (non-hydrogen) atoms. The first-order chi connectivity index (χ1) is 6.52. The summed E-state index contributed by atoms with van der Waals surface area (Å²) in [5, 5.41) is 2.80. The maximum absolute atomic E-state index is 11.6. The van der Waals surface area contributed by atoms with Crippen LogP contribution in [-0.4, -0.2) is 20.7 Å². The quantitative estimate of drug-likeness (QED) is 0.726. The number of rotatable bonds is 1. The lowest BCUT2D eigenvalue weighted by Crippen LogP contribution is -2.30. The van der Waals surface area contributed by atoms with Crippen LogP contribution in [0.4, 0.5) is 0 Å². The summed E-state index contributed by atoms with van der Waals surface area (Å²) in [5.74, 6) is 0. The molecule has 1 aliphatic rings. The van der Waals surface area contributed by atoms with Gasteiger partial charge in [-0.15, -0.1) is 0 Å². The van der Waals surface area contributed by atoms with Gasteiger partial charge in [0, 0.05) is 25.7 Å². The molecule has 0 aliphatic carbocycles. The van der Waals surface area contributed by atoms with Crippen LogP contribution in [0.15, 0.2) is 4.79 Å². The highest BCUT2D eigenvalue weighted by atomic mass is 16.1. The summed E-state index contributed by atoms with van der Waals surface area (Å²) >= 11 is 0. The molecule has 4 nitrogen and oxygen atoms in total. The maximum Gasteiger partial charge on any atom is 0.269 e. The van der Waals surface area contributed by atoms with E-state index in [9.17, 15) is 4.79 Å². The monoisotopic (exact) mass is 195 g/mol. The number of hydrogen-bond acceptors (Lipinski definition) is 2. The van der Waals surface area contributed by atoms with Crippen molar-refractivity contribution in [3.63, 3.8) is 0 Å². The van der Waals surface area contributed by atoms with Crippen LogP contribution < -0.4 is 5.56 Å². The van der Waals surface area contributed by atoms with Crippen LogP contribution in [-0.2, 0) is 13.6 Å². The molecule has 1 atom stereocenters. The van der Waals surface area contributed by atoms with Crippen LogP contribution in [0.1, 0.15) is 38.1 Å². The van der Waals surface area contributed by atoms with Crippen LogP contribution in [0, 0.1) is 0 Å². The third-order valence-electron chi connectivity index (χ3n) is 3.14. The van der Waals surface area contributed by atoms with Crippen LogP contribution in [0.2, 0.25) is 0 Å². The highest BCUT2D eigenvalue weighted by Crippen LogP contribution is 2.31. The van der Waals surface area contributed by atoms with Gasteiger partial charge in [0.15, 0.2) is 0 Å². The lowest BCUT2D eigenvalue weighted by atomic mass is 10.1. The fourth-order valence-corrected chi connectivity index (χ4v) is 2.32. The maximum atomic E-state index is 11.6. The molecule has 0 bridgehead atoms. The lowest BCUT2D eigenvalue weighted by Gasteiger charge is -2.25. The Labute approximate surface area is 83.5 Å². The Morgan fingerprint density at radius 3 is 2.64 bits per heavy atom. The molecule has 0 spiro atoms. The molecule has 0 radical (unpaired) electrons. The van der Waals surface area contributed by atoms with Gasteiger partial charge < -0.3 is 0 Å². The number of nitrogens with zero attached hydrogens (tertiary/aromatic N) is 2. The van der Waals surface area contributed by atoms with E-state index in [0.29, 0.717) is 6.04 Å². The first-order valence-electron chi connectivity index (χ1n) is 5.06. The molecule has 1 unspecified atom stereocenters. The Kier molecular flexibility index (Phi) is 2.03. The molecule has 1 aliphatic heterocycles. The molecular weight excluding hydrogens is 178 g/mol. The summed E-state index contributed by atoms with van der Waals surface area (Å²) in [6.45, 7) is 7.30. The van der Waals surface area contributed by atoms with Crippen molar-refractivity contribution in [2.24, 2.45) is 7.05 Å². The molecule has 0 aromatic carbocycles. The second kappa shape index (κ2) is 2.98. The van der Waals surface area contributed by atoms with Crippen molar-refractivity contribution in [2.75, 3.05) is 0 Å². The van der Waals surface area contributed by atoms with Gasteiger partial charge in [0.1, 0.15) is 0 Å². The van der Waals surface area contributed by atoms with Gasteiger partial charge in [-0.25, -0.2) is 0 Å². The number of H-pyrrole nitrogens is 1. The smallest absolute Gasteiger partial charge is 0.269 e. The van der Waals surface area contributed by atoms with Crippen LogP contribution in [0.5, 0.6) is 0 Å². The summed E-state index contributed by atoms with van der Waals surface area (Å²) in [6.07, 6.45) is 0. The predicted molar refractivity (Wildman–Crippen MR) is 55.1 cm³/mol. The summed E-state index contributed by atoms with van der Waals surface area (Å²) < 4.78 is 1.84. The Morgan fingerprint density at radius 1 is 1.50 bits per heavy atom. The molecule has 0 saturated carbocycles. The van der Waals surface area contributed by atoms with Gasteiger partial charge in [-0.2, -0.15) is 0 Å². The SMILES string of the molecule is CC(C)N1Cc2c(c(=O)[nH]n2C)C1C. The van der Waals surface area contributed by atoms with Gasteiger partial charge in [0.05, 0.1) is 11.3 Å². The van der Waals surface area contributed by atoms with Crippen molar-refractivity contribution >= 4 is 0 Å². The molecule has 2 heterocycles. The Balaban J connectivity index is 2.46. The first kappa shape index (κ1) is 9.52. The van der Waals surface area contributed by atoms with E-state index < -0.39 is 0 Å². The van der Waals surface area contributed by atoms with E-state index in [-0.39, 0.29) is 11.6 Å². The van der Waals surface area contributed by atoms with Crippen LogP contribution in [0.25, 0.3) is 0 Å². The third kappa shape index (κ3) is 1.14. The van der Waals surface area contributed by atoms with E-state index in [0.717, 1.165) is 17.8 Å². The molecule has 0 amide bonds.